The Morgan fingerprint density at radius 1 is 0.379 bits per heavy atom. The molecule has 0 heterocycles. The molecule has 0 aromatic heterocycles. The molecule has 3 rings (SSSR count). The van der Waals surface area contributed by atoms with Gasteiger partial charge in [-0.25, -0.2) is 0 Å². The highest BCUT2D eigenvalue weighted by Gasteiger charge is 2.29. The quantitative estimate of drug-likeness (QED) is 0.301. The fraction of sp³-hybridized carbons (Fsp3) is 1.00. The second-order valence-corrected chi connectivity index (χ2v) is 11.8. The van der Waals surface area contributed by atoms with Gasteiger partial charge in [0.2, 0.25) is 0 Å². The van der Waals surface area contributed by atoms with Crippen molar-refractivity contribution in [3.05, 3.63) is 0 Å². The number of rotatable bonds is 11. The molecule has 0 spiro atoms. The Hall–Kier alpha value is 0. The minimum Gasteiger partial charge on any atom is -0.0654 e. The summed E-state index contributed by atoms with van der Waals surface area (Å²) < 4.78 is 0. The first kappa shape index (κ1) is 23.7. The zero-order valence-electron chi connectivity index (χ0n) is 20.3. The van der Waals surface area contributed by atoms with Gasteiger partial charge in [-0.15, -0.1) is 0 Å². The van der Waals surface area contributed by atoms with Crippen LogP contribution in [0.1, 0.15) is 149 Å². The molecule has 0 bridgehead atoms. The molecule has 3 fully saturated rings. The van der Waals surface area contributed by atoms with Gasteiger partial charge in [0.15, 0.2) is 0 Å². The Morgan fingerprint density at radius 2 is 0.759 bits per heavy atom. The van der Waals surface area contributed by atoms with E-state index < -0.39 is 0 Å². The van der Waals surface area contributed by atoms with Gasteiger partial charge in [0.05, 0.1) is 0 Å². The average Bonchev–Trinajstić information content (AvgIpc) is 2.75. The molecule has 0 unspecified atom stereocenters. The zero-order chi connectivity index (χ0) is 20.3. The van der Waals surface area contributed by atoms with Crippen molar-refractivity contribution in [3.63, 3.8) is 0 Å². The van der Waals surface area contributed by atoms with Gasteiger partial charge < -0.3 is 0 Å². The second-order valence-electron chi connectivity index (χ2n) is 11.8. The Labute approximate surface area is 184 Å². The molecule has 0 heteroatoms. The average molecular weight is 403 g/mol. The minimum atomic E-state index is 1.08. The smallest absolute Gasteiger partial charge is 0.0411 e. The van der Waals surface area contributed by atoms with Gasteiger partial charge in [-0.3, -0.25) is 0 Å². The summed E-state index contributed by atoms with van der Waals surface area (Å²) in [5.74, 6) is 6.55. The fourth-order valence-electron chi connectivity index (χ4n) is 7.43. The van der Waals surface area contributed by atoms with E-state index in [1.54, 1.807) is 89.9 Å². The van der Waals surface area contributed by atoms with E-state index in [4.69, 9.17) is 0 Å². The summed E-state index contributed by atoms with van der Waals surface area (Å²) >= 11 is 0. The lowest BCUT2D eigenvalue weighted by Crippen LogP contribution is -2.23. The van der Waals surface area contributed by atoms with Crippen molar-refractivity contribution in [2.24, 2.45) is 35.5 Å². The van der Waals surface area contributed by atoms with Crippen LogP contribution in [-0.4, -0.2) is 0 Å². The Kier molecular flexibility index (Phi) is 10.9. The maximum atomic E-state index is 2.37. The summed E-state index contributed by atoms with van der Waals surface area (Å²) in [7, 11) is 0. The summed E-state index contributed by atoms with van der Waals surface area (Å²) in [6.45, 7) is 4.70. The maximum Gasteiger partial charge on any atom is -0.0411 e. The lowest BCUT2D eigenvalue weighted by molar-refractivity contribution is 0.161. The van der Waals surface area contributed by atoms with Crippen LogP contribution < -0.4 is 0 Å². The molecular formula is C29H54. The van der Waals surface area contributed by atoms with E-state index in [1.807, 2.05) is 0 Å². The summed E-state index contributed by atoms with van der Waals surface area (Å²) in [5, 5.41) is 0. The van der Waals surface area contributed by atoms with Crippen molar-refractivity contribution in [1.82, 2.24) is 0 Å². The first-order chi connectivity index (χ1) is 14.3. The van der Waals surface area contributed by atoms with Gasteiger partial charge in [0.1, 0.15) is 0 Å². The highest BCUT2D eigenvalue weighted by Crippen LogP contribution is 2.42. The molecule has 0 amide bonds. The predicted octanol–water partition coefficient (Wildman–Crippen LogP) is 9.96. The zero-order valence-corrected chi connectivity index (χ0v) is 20.3. The van der Waals surface area contributed by atoms with Crippen LogP contribution in [0.2, 0.25) is 0 Å². The van der Waals surface area contributed by atoms with Crippen molar-refractivity contribution in [2.75, 3.05) is 0 Å². The van der Waals surface area contributed by atoms with Crippen LogP contribution in [-0.2, 0) is 0 Å². The Morgan fingerprint density at radius 3 is 1.14 bits per heavy atom. The molecule has 0 nitrogen and oxygen atoms in total. The van der Waals surface area contributed by atoms with Gasteiger partial charge in [0, 0.05) is 0 Å². The molecule has 3 saturated carbocycles. The Balaban J connectivity index is 1.23. The van der Waals surface area contributed by atoms with Crippen molar-refractivity contribution in [2.45, 2.75) is 149 Å². The third-order valence-electron chi connectivity index (χ3n) is 9.40. The van der Waals surface area contributed by atoms with E-state index >= 15 is 0 Å². The summed E-state index contributed by atoms with van der Waals surface area (Å²) in [4.78, 5) is 0. The molecule has 0 aromatic rings. The van der Waals surface area contributed by atoms with E-state index in [2.05, 4.69) is 13.8 Å². The SMILES string of the molecule is CCCCCCC1CCC(C[C@H]2CC[C@H](CC3CCC(CCC)CC3)CC2)CC1. The molecular weight excluding hydrogens is 348 g/mol. The molecule has 0 atom stereocenters. The summed E-state index contributed by atoms with van der Waals surface area (Å²) in [6.07, 6.45) is 32.3. The third-order valence-corrected chi connectivity index (χ3v) is 9.40. The van der Waals surface area contributed by atoms with E-state index in [1.165, 1.54) is 44.9 Å². The van der Waals surface area contributed by atoms with Gasteiger partial charge in [-0.2, -0.15) is 0 Å². The van der Waals surface area contributed by atoms with Crippen LogP contribution in [0.25, 0.3) is 0 Å². The molecule has 0 saturated heterocycles. The highest BCUT2D eigenvalue weighted by atomic mass is 14.3. The third kappa shape index (κ3) is 8.57. The first-order valence-corrected chi connectivity index (χ1v) is 14.3. The van der Waals surface area contributed by atoms with Crippen molar-refractivity contribution in [1.29, 1.82) is 0 Å². The topological polar surface area (TPSA) is 0 Å². The highest BCUT2D eigenvalue weighted by molar-refractivity contribution is 4.81. The van der Waals surface area contributed by atoms with Gasteiger partial charge >= 0.3 is 0 Å². The minimum absolute atomic E-state index is 1.08. The molecule has 3 aliphatic rings. The molecule has 0 radical (unpaired) electrons. The largest absolute Gasteiger partial charge is 0.0654 e. The van der Waals surface area contributed by atoms with Gasteiger partial charge in [-0.1, -0.05) is 136 Å². The van der Waals surface area contributed by atoms with E-state index in [0.29, 0.717) is 0 Å². The van der Waals surface area contributed by atoms with E-state index in [-0.39, 0.29) is 0 Å². The lowest BCUT2D eigenvalue weighted by atomic mass is 9.70. The van der Waals surface area contributed by atoms with Crippen molar-refractivity contribution >= 4 is 0 Å². The van der Waals surface area contributed by atoms with E-state index in [0.717, 1.165) is 35.5 Å². The monoisotopic (exact) mass is 402 g/mol. The molecule has 0 N–H and O–H groups in total. The van der Waals surface area contributed by atoms with Crippen LogP contribution in [0.3, 0.4) is 0 Å². The Bertz CT molecular complexity index is 388. The molecule has 170 valence electrons. The second kappa shape index (κ2) is 13.4. The first-order valence-electron chi connectivity index (χ1n) is 14.3. The van der Waals surface area contributed by atoms with E-state index in [9.17, 15) is 0 Å². The lowest BCUT2D eigenvalue weighted by Gasteiger charge is -2.36. The van der Waals surface area contributed by atoms with Crippen LogP contribution in [0, 0.1) is 35.5 Å². The number of hydrogen-bond acceptors (Lipinski definition) is 0. The molecule has 0 aromatic carbocycles. The van der Waals surface area contributed by atoms with Gasteiger partial charge in [-0.05, 0) is 48.3 Å². The normalized spacial score (nSPS) is 36.2. The molecule has 29 heavy (non-hydrogen) atoms. The molecule has 0 aliphatic heterocycles. The van der Waals surface area contributed by atoms with Crippen LogP contribution in [0.4, 0.5) is 0 Å². The number of hydrogen-bond donors (Lipinski definition) is 0. The van der Waals surface area contributed by atoms with Gasteiger partial charge in [0.25, 0.3) is 0 Å². The predicted molar refractivity (Wildman–Crippen MR) is 129 cm³/mol. The van der Waals surface area contributed by atoms with Crippen LogP contribution in [0.5, 0.6) is 0 Å². The van der Waals surface area contributed by atoms with Crippen LogP contribution in [0.15, 0.2) is 0 Å². The summed E-state index contributed by atoms with van der Waals surface area (Å²) in [6, 6.07) is 0. The maximum absolute atomic E-state index is 2.37. The standard InChI is InChI=1S/C29H54/c1-3-5-6-7-9-25-12-16-27(17-13-25)23-29-20-18-28(19-21-29)22-26-14-10-24(8-4-2)11-15-26/h24-29H,3-23H2,1-2H3/t24?,25?,26?,27?,28-,29-. The summed E-state index contributed by atoms with van der Waals surface area (Å²) in [5.41, 5.74) is 0. The van der Waals surface area contributed by atoms with Crippen molar-refractivity contribution < 1.29 is 0 Å². The number of unbranched alkanes of at least 4 members (excludes halogenated alkanes) is 3. The molecule has 3 aliphatic carbocycles. The van der Waals surface area contributed by atoms with Crippen molar-refractivity contribution in [3.8, 4) is 0 Å². The fourth-order valence-corrected chi connectivity index (χ4v) is 7.43. The van der Waals surface area contributed by atoms with Crippen LogP contribution >= 0.6 is 0 Å².